The van der Waals surface area contributed by atoms with Gasteiger partial charge in [-0.15, -0.1) is 0 Å². The number of aromatic nitrogens is 2. The van der Waals surface area contributed by atoms with Crippen LogP contribution in [0.15, 0.2) is 24.3 Å². The summed E-state index contributed by atoms with van der Waals surface area (Å²) >= 11 is 5.35. The SMILES string of the molecule is S=c1[nH]c2ccccc2n1CCCOCC1CC1. The van der Waals surface area contributed by atoms with E-state index in [0.717, 1.165) is 42.4 Å². The zero-order chi connectivity index (χ0) is 12.4. The van der Waals surface area contributed by atoms with Crippen molar-refractivity contribution in [2.24, 2.45) is 5.92 Å². The highest BCUT2D eigenvalue weighted by molar-refractivity contribution is 7.71. The number of nitrogens with zero attached hydrogens (tertiary/aromatic N) is 1. The lowest BCUT2D eigenvalue weighted by atomic mass is 10.3. The standard InChI is InChI=1S/C14H18N2OS/c18-14-15-12-4-1-2-5-13(12)16(14)8-3-9-17-10-11-6-7-11/h1-2,4-5,11H,3,6-10H2,(H,15,18). The Morgan fingerprint density at radius 3 is 3.00 bits per heavy atom. The summed E-state index contributed by atoms with van der Waals surface area (Å²) in [7, 11) is 0. The van der Waals surface area contributed by atoms with Crippen molar-refractivity contribution in [3.05, 3.63) is 29.0 Å². The minimum absolute atomic E-state index is 0.804. The molecule has 1 saturated carbocycles. The highest BCUT2D eigenvalue weighted by Gasteiger charge is 2.20. The third kappa shape index (κ3) is 2.65. The molecule has 0 saturated heterocycles. The van der Waals surface area contributed by atoms with Crippen LogP contribution in [0.3, 0.4) is 0 Å². The number of rotatable bonds is 6. The van der Waals surface area contributed by atoms with Crippen molar-refractivity contribution in [3.63, 3.8) is 0 Å². The lowest BCUT2D eigenvalue weighted by Crippen LogP contribution is -2.04. The summed E-state index contributed by atoms with van der Waals surface area (Å²) in [5, 5.41) is 0. The Hall–Kier alpha value is -1.13. The van der Waals surface area contributed by atoms with Gasteiger partial charge in [0, 0.05) is 19.8 Å². The maximum absolute atomic E-state index is 5.65. The van der Waals surface area contributed by atoms with Crippen molar-refractivity contribution in [1.29, 1.82) is 0 Å². The van der Waals surface area contributed by atoms with E-state index in [1.807, 2.05) is 12.1 Å². The summed E-state index contributed by atoms with van der Waals surface area (Å²) in [6.07, 6.45) is 3.73. The number of imidazole rings is 1. The quantitative estimate of drug-likeness (QED) is 0.637. The molecule has 0 spiro atoms. The molecule has 1 aromatic heterocycles. The van der Waals surface area contributed by atoms with Gasteiger partial charge >= 0.3 is 0 Å². The van der Waals surface area contributed by atoms with Crippen LogP contribution in [0.5, 0.6) is 0 Å². The van der Waals surface area contributed by atoms with Crippen LogP contribution in [0.2, 0.25) is 0 Å². The van der Waals surface area contributed by atoms with Gasteiger partial charge in [0.25, 0.3) is 0 Å². The highest BCUT2D eigenvalue weighted by atomic mass is 32.1. The van der Waals surface area contributed by atoms with Gasteiger partial charge in [-0.25, -0.2) is 0 Å². The lowest BCUT2D eigenvalue weighted by Gasteiger charge is -2.05. The van der Waals surface area contributed by atoms with Crippen LogP contribution in [-0.4, -0.2) is 22.8 Å². The van der Waals surface area contributed by atoms with E-state index in [2.05, 4.69) is 21.7 Å². The first kappa shape index (κ1) is 11.9. The van der Waals surface area contributed by atoms with Gasteiger partial charge in [-0.05, 0) is 49.5 Å². The van der Waals surface area contributed by atoms with E-state index in [0.29, 0.717) is 0 Å². The van der Waals surface area contributed by atoms with Crippen LogP contribution in [-0.2, 0) is 11.3 Å². The maximum atomic E-state index is 5.65. The number of hydrogen-bond donors (Lipinski definition) is 1. The van der Waals surface area contributed by atoms with Crippen molar-refractivity contribution >= 4 is 23.3 Å². The number of nitrogens with one attached hydrogen (secondary N) is 1. The fraction of sp³-hybridized carbons (Fsp3) is 0.500. The molecular weight excluding hydrogens is 244 g/mol. The Kier molecular flexibility index (Phi) is 3.48. The molecule has 0 aliphatic heterocycles. The van der Waals surface area contributed by atoms with Crippen molar-refractivity contribution in [2.75, 3.05) is 13.2 Å². The topological polar surface area (TPSA) is 29.9 Å². The van der Waals surface area contributed by atoms with E-state index in [9.17, 15) is 0 Å². The van der Waals surface area contributed by atoms with Crippen molar-refractivity contribution in [3.8, 4) is 0 Å². The molecule has 2 aromatic rings. The number of para-hydroxylation sites is 2. The number of aromatic amines is 1. The summed E-state index contributed by atoms with van der Waals surface area (Å²) < 4.78 is 8.61. The Morgan fingerprint density at radius 1 is 1.33 bits per heavy atom. The van der Waals surface area contributed by atoms with Crippen LogP contribution in [0.25, 0.3) is 11.0 Å². The monoisotopic (exact) mass is 262 g/mol. The molecule has 96 valence electrons. The molecule has 0 atom stereocenters. The molecule has 1 aromatic carbocycles. The van der Waals surface area contributed by atoms with E-state index in [1.165, 1.54) is 18.4 Å². The number of benzene rings is 1. The summed E-state index contributed by atoms with van der Waals surface area (Å²) in [5.41, 5.74) is 2.30. The predicted molar refractivity (Wildman–Crippen MR) is 75.3 cm³/mol. The van der Waals surface area contributed by atoms with Crippen molar-refractivity contribution in [2.45, 2.75) is 25.8 Å². The van der Waals surface area contributed by atoms with E-state index >= 15 is 0 Å². The Bertz CT molecular complexity index is 583. The fourth-order valence-corrected chi connectivity index (χ4v) is 2.49. The second kappa shape index (κ2) is 5.24. The molecule has 3 nitrogen and oxygen atoms in total. The fourth-order valence-electron chi connectivity index (χ4n) is 2.19. The second-order valence-electron chi connectivity index (χ2n) is 4.97. The predicted octanol–water partition coefficient (Wildman–Crippen LogP) is 3.52. The Balaban J connectivity index is 1.59. The van der Waals surface area contributed by atoms with Crippen LogP contribution >= 0.6 is 12.2 Å². The van der Waals surface area contributed by atoms with Gasteiger partial charge in [-0.2, -0.15) is 0 Å². The average molecular weight is 262 g/mol. The first-order valence-electron chi connectivity index (χ1n) is 6.60. The average Bonchev–Trinajstić information content (AvgIpc) is 3.13. The number of aryl methyl sites for hydroxylation is 1. The van der Waals surface area contributed by atoms with Gasteiger partial charge in [0.05, 0.1) is 11.0 Å². The van der Waals surface area contributed by atoms with Gasteiger partial charge < -0.3 is 14.3 Å². The third-order valence-corrected chi connectivity index (χ3v) is 3.72. The molecule has 0 amide bonds. The lowest BCUT2D eigenvalue weighted by molar-refractivity contribution is 0.119. The summed E-state index contributed by atoms with van der Waals surface area (Å²) in [6.45, 7) is 2.70. The highest BCUT2D eigenvalue weighted by Crippen LogP contribution is 2.28. The molecule has 1 heterocycles. The summed E-state index contributed by atoms with van der Waals surface area (Å²) in [4.78, 5) is 3.23. The first-order chi connectivity index (χ1) is 8.84. The Morgan fingerprint density at radius 2 is 2.17 bits per heavy atom. The van der Waals surface area contributed by atoms with Gasteiger partial charge in [0.1, 0.15) is 0 Å². The minimum Gasteiger partial charge on any atom is -0.381 e. The molecular formula is C14H18N2OS. The number of H-pyrrole nitrogens is 1. The number of fused-ring (bicyclic) bond motifs is 1. The molecule has 3 rings (SSSR count). The minimum atomic E-state index is 0.804. The van der Waals surface area contributed by atoms with Crippen LogP contribution < -0.4 is 0 Å². The largest absolute Gasteiger partial charge is 0.381 e. The van der Waals surface area contributed by atoms with E-state index in [4.69, 9.17) is 17.0 Å². The smallest absolute Gasteiger partial charge is 0.178 e. The zero-order valence-electron chi connectivity index (χ0n) is 10.4. The van der Waals surface area contributed by atoms with E-state index in [-0.39, 0.29) is 0 Å². The maximum Gasteiger partial charge on any atom is 0.178 e. The van der Waals surface area contributed by atoms with Crippen molar-refractivity contribution < 1.29 is 4.74 Å². The third-order valence-electron chi connectivity index (χ3n) is 3.40. The number of ether oxygens (including phenoxy) is 1. The molecule has 1 fully saturated rings. The van der Waals surface area contributed by atoms with E-state index < -0.39 is 0 Å². The van der Waals surface area contributed by atoms with Crippen molar-refractivity contribution in [1.82, 2.24) is 9.55 Å². The van der Waals surface area contributed by atoms with E-state index in [1.54, 1.807) is 0 Å². The van der Waals surface area contributed by atoms with Gasteiger partial charge in [0.15, 0.2) is 4.77 Å². The summed E-state index contributed by atoms with van der Waals surface area (Å²) in [6, 6.07) is 8.24. The van der Waals surface area contributed by atoms with Gasteiger partial charge in [-0.3, -0.25) is 0 Å². The molecule has 1 aliphatic carbocycles. The molecule has 0 bridgehead atoms. The van der Waals surface area contributed by atoms with Gasteiger partial charge in [0.2, 0.25) is 0 Å². The molecule has 0 radical (unpaired) electrons. The Labute approximate surface area is 112 Å². The molecule has 0 unspecified atom stereocenters. The molecule has 18 heavy (non-hydrogen) atoms. The van der Waals surface area contributed by atoms with Crippen LogP contribution in [0, 0.1) is 10.7 Å². The summed E-state index contributed by atoms with van der Waals surface area (Å²) in [5.74, 6) is 0.847. The van der Waals surface area contributed by atoms with Crippen LogP contribution in [0.1, 0.15) is 19.3 Å². The normalized spacial score (nSPS) is 15.3. The first-order valence-corrected chi connectivity index (χ1v) is 7.01. The second-order valence-corrected chi connectivity index (χ2v) is 5.36. The molecule has 4 heteroatoms. The zero-order valence-corrected chi connectivity index (χ0v) is 11.2. The van der Waals surface area contributed by atoms with Gasteiger partial charge in [-0.1, -0.05) is 12.1 Å². The van der Waals surface area contributed by atoms with Crippen LogP contribution in [0.4, 0.5) is 0 Å². The number of hydrogen-bond acceptors (Lipinski definition) is 2. The molecule has 1 aliphatic rings. The molecule has 1 N–H and O–H groups in total.